The van der Waals surface area contributed by atoms with E-state index in [2.05, 4.69) is 20.8 Å². The fraction of sp³-hybridized carbons (Fsp3) is 0.222. The van der Waals surface area contributed by atoms with Gasteiger partial charge in [-0.25, -0.2) is 14.2 Å². The highest BCUT2D eigenvalue weighted by molar-refractivity contribution is 7.13. The van der Waals surface area contributed by atoms with Crippen molar-refractivity contribution in [3.05, 3.63) is 64.2 Å². The van der Waals surface area contributed by atoms with Crippen LogP contribution in [0.5, 0.6) is 0 Å². The summed E-state index contributed by atoms with van der Waals surface area (Å²) in [7, 11) is 1.65. The summed E-state index contributed by atoms with van der Waals surface area (Å²) in [6, 6.07) is 5.54. The van der Waals surface area contributed by atoms with Gasteiger partial charge >= 0.3 is 6.03 Å². The van der Waals surface area contributed by atoms with Crippen molar-refractivity contribution in [2.75, 3.05) is 12.4 Å². The molecule has 2 N–H and O–H groups in total. The molecule has 0 saturated heterocycles. The van der Waals surface area contributed by atoms with E-state index < -0.39 is 6.03 Å². The molecule has 146 valence electrons. The van der Waals surface area contributed by atoms with Crippen LogP contribution in [0.3, 0.4) is 0 Å². The second-order valence-electron chi connectivity index (χ2n) is 6.04. The molecule has 3 rings (SSSR count). The Morgan fingerprint density at radius 1 is 1.36 bits per heavy atom. The topological polar surface area (TPSA) is 100 Å². The molecule has 10 heteroatoms. The monoisotopic (exact) mass is 403 g/mol. The molecule has 0 aliphatic carbocycles. The number of halogens is 1. The van der Waals surface area contributed by atoms with Crippen molar-refractivity contribution in [1.29, 1.82) is 0 Å². The minimum Gasteiger partial charge on any atom is -0.361 e. The van der Waals surface area contributed by atoms with Gasteiger partial charge in [-0.2, -0.15) is 0 Å². The van der Waals surface area contributed by atoms with E-state index in [9.17, 15) is 14.0 Å². The molecule has 0 saturated carbocycles. The lowest BCUT2D eigenvalue weighted by Crippen LogP contribution is -2.28. The maximum Gasteiger partial charge on any atom is 0.321 e. The highest BCUT2D eigenvalue weighted by Gasteiger charge is 2.18. The number of aryl methyl sites for hydroxylation is 1. The van der Waals surface area contributed by atoms with Crippen LogP contribution in [0, 0.1) is 12.7 Å². The Bertz CT molecular complexity index is 987. The third kappa shape index (κ3) is 4.92. The van der Waals surface area contributed by atoms with E-state index >= 15 is 0 Å². The summed E-state index contributed by atoms with van der Waals surface area (Å²) in [4.78, 5) is 30.1. The normalized spacial score (nSPS) is 10.5. The molecule has 3 aromatic rings. The fourth-order valence-corrected chi connectivity index (χ4v) is 3.13. The molecule has 2 heterocycles. The smallest absolute Gasteiger partial charge is 0.321 e. The predicted molar refractivity (Wildman–Crippen MR) is 101 cm³/mol. The molecule has 0 aliphatic heterocycles. The largest absolute Gasteiger partial charge is 0.361 e. The number of carbonyl (C=O) groups excluding carboxylic acids is 2. The van der Waals surface area contributed by atoms with Crippen molar-refractivity contribution in [3.8, 4) is 0 Å². The first-order valence-corrected chi connectivity index (χ1v) is 9.21. The zero-order chi connectivity index (χ0) is 20.1. The maximum atomic E-state index is 13.1. The lowest BCUT2D eigenvalue weighted by molar-refractivity contribution is 0.0782. The maximum absolute atomic E-state index is 13.1. The van der Waals surface area contributed by atoms with Crippen molar-refractivity contribution in [2.45, 2.75) is 20.0 Å². The number of thiazole rings is 1. The number of hydrogen-bond acceptors (Lipinski definition) is 6. The molecule has 3 amide bonds. The Kier molecular flexibility index (Phi) is 5.99. The third-order valence-electron chi connectivity index (χ3n) is 3.84. The number of carbonyl (C=O) groups is 2. The summed E-state index contributed by atoms with van der Waals surface area (Å²) in [5.74, 6) is -0.133. The van der Waals surface area contributed by atoms with Gasteiger partial charge in [0.25, 0.3) is 5.91 Å². The minimum atomic E-state index is -0.449. The van der Waals surface area contributed by atoms with Crippen LogP contribution in [0.4, 0.5) is 14.3 Å². The summed E-state index contributed by atoms with van der Waals surface area (Å²) in [5, 5.41) is 11.0. The van der Waals surface area contributed by atoms with E-state index in [-0.39, 0.29) is 24.8 Å². The quantitative estimate of drug-likeness (QED) is 0.658. The molecule has 0 atom stereocenters. The molecule has 0 bridgehead atoms. The zero-order valence-electron chi connectivity index (χ0n) is 15.2. The lowest BCUT2D eigenvalue weighted by Gasteiger charge is -2.14. The molecule has 1 aromatic carbocycles. The molecule has 2 aromatic heterocycles. The first kappa shape index (κ1) is 19.5. The SMILES string of the molecule is Cc1oncc1C(=O)N(C)Cc1csc(NC(=O)NCc2cccc(F)c2)n1. The van der Waals surface area contributed by atoms with Gasteiger partial charge in [-0.15, -0.1) is 11.3 Å². The molecule has 0 unspecified atom stereocenters. The second-order valence-corrected chi connectivity index (χ2v) is 6.90. The van der Waals surface area contributed by atoms with Gasteiger partial charge in [0.05, 0.1) is 18.4 Å². The van der Waals surface area contributed by atoms with Crippen LogP contribution in [0.2, 0.25) is 0 Å². The van der Waals surface area contributed by atoms with Crippen LogP contribution in [-0.2, 0) is 13.1 Å². The van der Waals surface area contributed by atoms with Gasteiger partial charge in [-0.1, -0.05) is 17.3 Å². The van der Waals surface area contributed by atoms with Crippen molar-refractivity contribution in [3.63, 3.8) is 0 Å². The average Bonchev–Trinajstić information content (AvgIpc) is 3.28. The zero-order valence-corrected chi connectivity index (χ0v) is 16.0. The second kappa shape index (κ2) is 8.61. The number of urea groups is 1. The van der Waals surface area contributed by atoms with E-state index in [0.29, 0.717) is 27.7 Å². The Morgan fingerprint density at radius 3 is 2.89 bits per heavy atom. The van der Waals surface area contributed by atoms with Crippen molar-refractivity contribution >= 4 is 28.4 Å². The molecule has 8 nitrogen and oxygen atoms in total. The standard InChI is InChI=1S/C18H18FN5O3S/c1-11-15(8-21-27-11)16(25)24(2)9-14-10-28-18(22-14)23-17(26)20-7-12-4-3-5-13(19)6-12/h3-6,8,10H,7,9H2,1-2H3,(H2,20,22,23,26). The molecular formula is C18H18FN5O3S. The number of hydrogen-bond donors (Lipinski definition) is 2. The van der Waals surface area contributed by atoms with Crippen LogP contribution in [0.15, 0.2) is 40.4 Å². The minimum absolute atomic E-state index is 0.192. The average molecular weight is 403 g/mol. The summed E-state index contributed by atoms with van der Waals surface area (Å²) >= 11 is 1.24. The summed E-state index contributed by atoms with van der Waals surface area (Å²) in [6.45, 7) is 2.13. The highest BCUT2D eigenvalue weighted by atomic mass is 32.1. The van der Waals surface area contributed by atoms with Crippen LogP contribution < -0.4 is 10.6 Å². The van der Waals surface area contributed by atoms with E-state index in [1.54, 1.807) is 31.5 Å². The van der Waals surface area contributed by atoms with Crippen LogP contribution in [0.25, 0.3) is 0 Å². The summed E-state index contributed by atoms with van der Waals surface area (Å²) in [5.41, 5.74) is 1.68. The number of anilines is 1. The number of nitrogens with one attached hydrogen (secondary N) is 2. The number of nitrogens with zero attached hydrogens (tertiary/aromatic N) is 3. The van der Waals surface area contributed by atoms with E-state index in [0.717, 1.165) is 0 Å². The molecule has 0 fully saturated rings. The number of rotatable bonds is 6. The first-order chi connectivity index (χ1) is 13.4. The Hall–Kier alpha value is -3.27. The third-order valence-corrected chi connectivity index (χ3v) is 4.65. The van der Waals surface area contributed by atoms with E-state index in [1.165, 1.54) is 34.6 Å². The van der Waals surface area contributed by atoms with Crippen LogP contribution in [-0.4, -0.2) is 34.0 Å². The van der Waals surface area contributed by atoms with Crippen molar-refractivity contribution in [2.24, 2.45) is 0 Å². The van der Waals surface area contributed by atoms with Gasteiger partial charge in [-0.05, 0) is 24.6 Å². The lowest BCUT2D eigenvalue weighted by atomic mass is 10.2. The van der Waals surface area contributed by atoms with E-state index in [1.807, 2.05) is 0 Å². The Balaban J connectivity index is 1.51. The van der Waals surface area contributed by atoms with Gasteiger partial charge < -0.3 is 14.7 Å². The van der Waals surface area contributed by atoms with Gasteiger partial charge in [0.1, 0.15) is 17.1 Å². The Morgan fingerprint density at radius 2 is 2.18 bits per heavy atom. The van der Waals surface area contributed by atoms with Crippen LogP contribution >= 0.6 is 11.3 Å². The van der Waals surface area contributed by atoms with Crippen LogP contribution in [0.1, 0.15) is 27.4 Å². The van der Waals surface area contributed by atoms with Gasteiger partial charge in [-0.3, -0.25) is 10.1 Å². The summed E-state index contributed by atoms with van der Waals surface area (Å²) < 4.78 is 18.0. The van der Waals surface area contributed by atoms with Gasteiger partial charge in [0.2, 0.25) is 0 Å². The van der Waals surface area contributed by atoms with Crippen molar-refractivity contribution < 1.29 is 18.5 Å². The molecule has 0 aliphatic rings. The van der Waals surface area contributed by atoms with Crippen molar-refractivity contribution in [1.82, 2.24) is 20.4 Å². The summed E-state index contributed by atoms with van der Waals surface area (Å²) in [6.07, 6.45) is 1.38. The van der Waals surface area contributed by atoms with Gasteiger partial charge in [0, 0.05) is 19.0 Å². The van der Waals surface area contributed by atoms with Gasteiger partial charge in [0.15, 0.2) is 5.13 Å². The Labute approximate surface area is 164 Å². The molecule has 28 heavy (non-hydrogen) atoms. The molecule has 0 spiro atoms. The highest BCUT2D eigenvalue weighted by Crippen LogP contribution is 2.18. The molecule has 0 radical (unpaired) electrons. The number of amides is 3. The predicted octanol–water partition coefficient (Wildman–Crippen LogP) is 3.17. The fourth-order valence-electron chi connectivity index (χ4n) is 2.43. The number of benzene rings is 1. The van der Waals surface area contributed by atoms with E-state index in [4.69, 9.17) is 4.52 Å². The number of aromatic nitrogens is 2. The molecular weight excluding hydrogens is 385 g/mol. The first-order valence-electron chi connectivity index (χ1n) is 8.33.